The average Bonchev–Trinajstić information content (AvgIpc) is 2.71. The lowest BCUT2D eigenvalue weighted by atomic mass is 9.78. The first-order valence-electron chi connectivity index (χ1n) is 11.3. The standard InChI is InChI=1S/C27H34O6P2/c1-18-16-25(24(27(5,6)7)17-23(18)26(2,3)4)33-35(31,32)22-14-10-20(11-15-22)19-8-12-21(13-9-19)34(28,29)30/h8-17H,1-7H3,(H,31,32)(H2,28,29,30). The maximum atomic E-state index is 13.3. The van der Waals surface area contributed by atoms with Crippen LogP contribution in [0.2, 0.25) is 0 Å². The fraction of sp³-hybridized carbons (Fsp3) is 0.333. The molecule has 0 bridgehead atoms. The Kier molecular flexibility index (Phi) is 7.32. The van der Waals surface area contributed by atoms with Crippen molar-refractivity contribution in [1.29, 1.82) is 0 Å². The van der Waals surface area contributed by atoms with Crippen molar-refractivity contribution in [2.24, 2.45) is 0 Å². The van der Waals surface area contributed by atoms with Crippen molar-refractivity contribution in [1.82, 2.24) is 0 Å². The van der Waals surface area contributed by atoms with E-state index in [0.29, 0.717) is 5.75 Å². The molecule has 0 amide bonds. The molecule has 188 valence electrons. The summed E-state index contributed by atoms with van der Waals surface area (Å²) in [5.41, 5.74) is 4.12. The van der Waals surface area contributed by atoms with Crippen molar-refractivity contribution >= 4 is 25.8 Å². The highest BCUT2D eigenvalue weighted by Gasteiger charge is 2.30. The maximum absolute atomic E-state index is 13.3. The minimum absolute atomic E-state index is 0.0615. The van der Waals surface area contributed by atoms with Gasteiger partial charge in [0.1, 0.15) is 5.75 Å². The molecule has 1 atom stereocenters. The predicted octanol–water partition coefficient (Wildman–Crippen LogP) is 5.95. The molecule has 0 saturated carbocycles. The van der Waals surface area contributed by atoms with Gasteiger partial charge in [-0.3, -0.25) is 4.57 Å². The van der Waals surface area contributed by atoms with Crippen molar-refractivity contribution < 1.29 is 28.3 Å². The van der Waals surface area contributed by atoms with Crippen LogP contribution in [0.15, 0.2) is 60.7 Å². The molecule has 8 heteroatoms. The molecule has 0 saturated heterocycles. The van der Waals surface area contributed by atoms with E-state index in [4.69, 9.17) is 4.52 Å². The molecular weight excluding hydrogens is 482 g/mol. The highest BCUT2D eigenvalue weighted by molar-refractivity contribution is 7.61. The molecule has 0 heterocycles. The van der Waals surface area contributed by atoms with E-state index in [0.717, 1.165) is 27.8 Å². The van der Waals surface area contributed by atoms with E-state index in [-0.39, 0.29) is 21.4 Å². The summed E-state index contributed by atoms with van der Waals surface area (Å²) in [6.45, 7) is 14.5. The number of aryl methyl sites for hydroxylation is 1. The molecule has 0 aromatic heterocycles. The number of hydrogen-bond donors (Lipinski definition) is 3. The smallest absolute Gasteiger partial charge is 0.408 e. The largest absolute Gasteiger partial charge is 0.421 e. The topological polar surface area (TPSA) is 104 Å². The Morgan fingerprint density at radius 3 is 1.49 bits per heavy atom. The summed E-state index contributed by atoms with van der Waals surface area (Å²) in [4.78, 5) is 29.4. The van der Waals surface area contributed by atoms with E-state index in [1.807, 2.05) is 33.8 Å². The molecule has 35 heavy (non-hydrogen) atoms. The second-order valence-electron chi connectivity index (χ2n) is 10.9. The van der Waals surface area contributed by atoms with Gasteiger partial charge < -0.3 is 19.2 Å². The molecule has 6 nitrogen and oxygen atoms in total. The summed E-state index contributed by atoms with van der Waals surface area (Å²) in [7, 11) is -8.50. The van der Waals surface area contributed by atoms with E-state index >= 15 is 0 Å². The first-order valence-corrected chi connectivity index (χ1v) is 14.5. The summed E-state index contributed by atoms with van der Waals surface area (Å²) in [5, 5.41) is 0.0963. The zero-order chi connectivity index (χ0) is 26.4. The summed E-state index contributed by atoms with van der Waals surface area (Å²) in [6.07, 6.45) is 0. The predicted molar refractivity (Wildman–Crippen MR) is 142 cm³/mol. The van der Waals surface area contributed by atoms with Crippen LogP contribution in [0.25, 0.3) is 11.1 Å². The Bertz CT molecular complexity index is 1310. The van der Waals surface area contributed by atoms with Gasteiger partial charge in [-0.15, -0.1) is 0 Å². The van der Waals surface area contributed by atoms with Crippen LogP contribution in [0.4, 0.5) is 0 Å². The van der Waals surface area contributed by atoms with Crippen LogP contribution in [0.1, 0.15) is 58.2 Å². The highest BCUT2D eigenvalue weighted by Crippen LogP contribution is 2.47. The van der Waals surface area contributed by atoms with E-state index in [2.05, 4.69) is 26.8 Å². The van der Waals surface area contributed by atoms with Gasteiger partial charge in [-0.05, 0) is 70.3 Å². The molecule has 3 aromatic rings. The quantitative estimate of drug-likeness (QED) is 0.362. The van der Waals surface area contributed by atoms with Gasteiger partial charge in [0.15, 0.2) is 0 Å². The molecule has 3 aromatic carbocycles. The van der Waals surface area contributed by atoms with Gasteiger partial charge >= 0.3 is 15.2 Å². The van der Waals surface area contributed by atoms with Crippen molar-refractivity contribution in [3.05, 3.63) is 77.4 Å². The lowest BCUT2D eigenvalue weighted by Crippen LogP contribution is -2.19. The van der Waals surface area contributed by atoms with E-state index in [1.54, 1.807) is 36.4 Å². The van der Waals surface area contributed by atoms with Gasteiger partial charge in [-0.25, -0.2) is 4.57 Å². The van der Waals surface area contributed by atoms with Gasteiger partial charge in [0.25, 0.3) is 0 Å². The second-order valence-corrected chi connectivity index (χ2v) is 14.3. The summed E-state index contributed by atoms with van der Waals surface area (Å²) in [6, 6.07) is 16.3. The summed E-state index contributed by atoms with van der Waals surface area (Å²) in [5.74, 6) is 0.394. The molecule has 0 spiro atoms. The normalized spacial score (nSPS) is 14.5. The van der Waals surface area contributed by atoms with Gasteiger partial charge in [0.2, 0.25) is 0 Å². The van der Waals surface area contributed by atoms with E-state index < -0.39 is 15.2 Å². The van der Waals surface area contributed by atoms with Gasteiger partial charge in [0.05, 0.1) is 10.6 Å². The fourth-order valence-electron chi connectivity index (χ4n) is 4.03. The lowest BCUT2D eigenvalue weighted by molar-refractivity contribution is 0.385. The van der Waals surface area contributed by atoms with Gasteiger partial charge in [0, 0.05) is 5.56 Å². The van der Waals surface area contributed by atoms with Crippen LogP contribution in [0.3, 0.4) is 0 Å². The Labute approximate surface area is 207 Å². The summed E-state index contributed by atoms with van der Waals surface area (Å²) < 4.78 is 30.5. The van der Waals surface area contributed by atoms with Crippen LogP contribution in [-0.2, 0) is 20.0 Å². The third-order valence-corrected chi connectivity index (χ3v) is 8.26. The Hall–Kier alpha value is -2.20. The van der Waals surface area contributed by atoms with Crippen LogP contribution in [-0.4, -0.2) is 14.7 Å². The van der Waals surface area contributed by atoms with Crippen molar-refractivity contribution in [2.45, 2.75) is 59.3 Å². The zero-order valence-electron chi connectivity index (χ0n) is 21.2. The molecule has 0 aliphatic carbocycles. The fourth-order valence-corrected chi connectivity index (χ4v) is 5.61. The van der Waals surface area contributed by atoms with E-state index in [9.17, 15) is 23.8 Å². The highest BCUT2D eigenvalue weighted by atomic mass is 31.2. The molecular formula is C27H34O6P2. The molecule has 0 aliphatic heterocycles. The zero-order valence-corrected chi connectivity index (χ0v) is 23.0. The minimum atomic E-state index is -4.31. The monoisotopic (exact) mass is 516 g/mol. The van der Waals surface area contributed by atoms with E-state index in [1.165, 1.54) is 12.1 Å². The average molecular weight is 517 g/mol. The van der Waals surface area contributed by atoms with Crippen molar-refractivity contribution in [3.63, 3.8) is 0 Å². The number of benzene rings is 3. The summed E-state index contributed by atoms with van der Waals surface area (Å²) >= 11 is 0. The number of rotatable bonds is 5. The van der Waals surface area contributed by atoms with Gasteiger partial charge in [-0.1, -0.05) is 71.9 Å². The third kappa shape index (κ3) is 6.33. The first kappa shape index (κ1) is 27.4. The van der Waals surface area contributed by atoms with Crippen molar-refractivity contribution in [2.75, 3.05) is 0 Å². The lowest BCUT2D eigenvalue weighted by Gasteiger charge is -2.29. The van der Waals surface area contributed by atoms with Gasteiger partial charge in [-0.2, -0.15) is 0 Å². The number of hydrogen-bond acceptors (Lipinski definition) is 3. The minimum Gasteiger partial charge on any atom is -0.421 e. The van der Waals surface area contributed by atoms with Crippen LogP contribution < -0.4 is 15.1 Å². The molecule has 0 radical (unpaired) electrons. The second kappa shape index (κ2) is 9.35. The van der Waals surface area contributed by atoms with Crippen LogP contribution in [0.5, 0.6) is 5.75 Å². The maximum Gasteiger partial charge on any atom is 0.408 e. The Morgan fingerprint density at radius 2 is 1.09 bits per heavy atom. The molecule has 0 aliphatic rings. The van der Waals surface area contributed by atoms with Crippen LogP contribution >= 0.6 is 15.2 Å². The third-order valence-electron chi connectivity index (χ3n) is 5.90. The molecule has 3 N–H and O–H groups in total. The first-order chi connectivity index (χ1) is 15.9. The molecule has 3 rings (SSSR count). The Balaban J connectivity index is 1.94. The molecule has 1 unspecified atom stereocenters. The Morgan fingerprint density at radius 1 is 0.657 bits per heavy atom. The van der Waals surface area contributed by atoms with Crippen LogP contribution in [0, 0.1) is 6.92 Å². The SMILES string of the molecule is Cc1cc(OP(=O)(O)c2ccc(-c3ccc(P(=O)(O)O)cc3)cc2)c(C(C)(C)C)cc1C(C)(C)C. The molecule has 0 fully saturated rings. The van der Waals surface area contributed by atoms with Crippen molar-refractivity contribution in [3.8, 4) is 16.9 Å².